The van der Waals surface area contributed by atoms with Crippen LogP contribution in [0, 0.1) is 0 Å². The van der Waals surface area contributed by atoms with Crippen LogP contribution in [0.5, 0.6) is 5.75 Å². The topological polar surface area (TPSA) is 46.6 Å². The Morgan fingerprint density at radius 2 is 2.10 bits per heavy atom. The maximum atomic E-state index is 12.5. The van der Waals surface area contributed by atoms with Crippen LogP contribution in [0.25, 0.3) is 0 Å². The fourth-order valence-electron chi connectivity index (χ4n) is 1.83. The summed E-state index contributed by atoms with van der Waals surface area (Å²) in [4.78, 5) is 1.43. The molecule has 0 N–H and O–H groups in total. The van der Waals surface area contributed by atoms with Crippen LogP contribution in [0.15, 0.2) is 45.1 Å². The predicted octanol–water partition coefficient (Wildman–Crippen LogP) is 3.38. The number of benzene rings is 1. The first-order valence-corrected chi connectivity index (χ1v) is 9.38. The summed E-state index contributed by atoms with van der Waals surface area (Å²) in [6.45, 7) is 0.451. The van der Waals surface area contributed by atoms with E-state index in [9.17, 15) is 8.42 Å². The van der Waals surface area contributed by atoms with Crippen LogP contribution in [0.3, 0.4) is 0 Å². The number of nitrogens with zero attached hydrogens (tertiary/aromatic N) is 1. The van der Waals surface area contributed by atoms with Gasteiger partial charge in [-0.25, -0.2) is 12.7 Å². The van der Waals surface area contributed by atoms with E-state index in [4.69, 9.17) is 4.74 Å². The van der Waals surface area contributed by atoms with Gasteiger partial charge in [-0.1, -0.05) is 6.07 Å². The van der Waals surface area contributed by atoms with Gasteiger partial charge in [0.25, 0.3) is 0 Å². The second-order valence-corrected chi connectivity index (χ2v) is 8.38. The SMILES string of the molecule is COc1ccc(S(=O)(=O)N(C)CCc2cccs2)cc1Br. The third kappa shape index (κ3) is 3.85. The molecule has 0 aliphatic rings. The fraction of sp³-hybridized carbons (Fsp3) is 0.286. The average Bonchev–Trinajstić information content (AvgIpc) is 2.97. The summed E-state index contributed by atoms with van der Waals surface area (Å²) in [6, 6.07) is 8.74. The lowest BCUT2D eigenvalue weighted by atomic mass is 10.3. The van der Waals surface area contributed by atoms with Crippen molar-refractivity contribution in [1.82, 2.24) is 4.31 Å². The van der Waals surface area contributed by atoms with E-state index in [0.717, 1.165) is 0 Å². The highest BCUT2D eigenvalue weighted by molar-refractivity contribution is 9.10. The summed E-state index contributed by atoms with van der Waals surface area (Å²) in [5.41, 5.74) is 0. The van der Waals surface area contributed by atoms with Crippen molar-refractivity contribution in [2.24, 2.45) is 0 Å². The van der Waals surface area contributed by atoms with Gasteiger partial charge in [0.15, 0.2) is 0 Å². The highest BCUT2D eigenvalue weighted by Gasteiger charge is 2.21. The lowest BCUT2D eigenvalue weighted by molar-refractivity contribution is 0.411. The molecule has 0 saturated carbocycles. The number of rotatable bonds is 6. The van der Waals surface area contributed by atoms with Gasteiger partial charge >= 0.3 is 0 Å². The molecule has 0 saturated heterocycles. The van der Waals surface area contributed by atoms with Crippen molar-refractivity contribution in [2.45, 2.75) is 11.3 Å². The van der Waals surface area contributed by atoms with Crippen molar-refractivity contribution in [1.29, 1.82) is 0 Å². The zero-order valence-electron chi connectivity index (χ0n) is 11.7. The van der Waals surface area contributed by atoms with Crippen LogP contribution >= 0.6 is 27.3 Å². The fourth-order valence-corrected chi connectivity index (χ4v) is 4.42. The van der Waals surface area contributed by atoms with Crippen molar-refractivity contribution < 1.29 is 13.2 Å². The molecule has 0 fully saturated rings. The van der Waals surface area contributed by atoms with Gasteiger partial charge in [-0.05, 0) is 52.0 Å². The monoisotopic (exact) mass is 389 g/mol. The molecule has 0 aliphatic heterocycles. The number of halogens is 1. The predicted molar refractivity (Wildman–Crippen MR) is 88.5 cm³/mol. The van der Waals surface area contributed by atoms with Crippen molar-refractivity contribution in [3.63, 3.8) is 0 Å². The highest BCUT2D eigenvalue weighted by Crippen LogP contribution is 2.28. The van der Waals surface area contributed by atoms with Gasteiger partial charge in [-0.15, -0.1) is 11.3 Å². The van der Waals surface area contributed by atoms with Crippen molar-refractivity contribution in [3.05, 3.63) is 45.1 Å². The molecular formula is C14H16BrNO3S2. The van der Waals surface area contributed by atoms with Gasteiger partial charge in [0.1, 0.15) is 5.75 Å². The summed E-state index contributed by atoms with van der Waals surface area (Å²) in [5.74, 6) is 0.607. The molecule has 7 heteroatoms. The zero-order valence-corrected chi connectivity index (χ0v) is 15.0. The molecule has 4 nitrogen and oxygen atoms in total. The van der Waals surface area contributed by atoms with Crippen molar-refractivity contribution >= 4 is 37.3 Å². The van der Waals surface area contributed by atoms with Crippen LogP contribution in [0.2, 0.25) is 0 Å². The summed E-state index contributed by atoms with van der Waals surface area (Å²) >= 11 is 4.95. The van der Waals surface area contributed by atoms with Crippen molar-refractivity contribution in [3.8, 4) is 5.75 Å². The molecule has 0 radical (unpaired) electrons. The van der Waals surface area contributed by atoms with Gasteiger partial charge in [-0.2, -0.15) is 0 Å². The Hall–Kier alpha value is -0.890. The lowest BCUT2D eigenvalue weighted by Crippen LogP contribution is -2.28. The van der Waals surface area contributed by atoms with E-state index in [1.165, 1.54) is 9.18 Å². The number of likely N-dealkylation sites (N-methyl/N-ethyl adjacent to an activating group) is 1. The van der Waals surface area contributed by atoms with E-state index in [1.54, 1.807) is 43.7 Å². The van der Waals surface area contributed by atoms with Gasteiger partial charge in [-0.3, -0.25) is 0 Å². The maximum Gasteiger partial charge on any atom is 0.242 e. The molecule has 1 heterocycles. The van der Waals surface area contributed by atoms with E-state index in [-0.39, 0.29) is 4.90 Å². The molecule has 0 amide bonds. The third-order valence-corrected chi connectivity index (χ3v) is 6.49. The largest absolute Gasteiger partial charge is 0.496 e. The Morgan fingerprint density at radius 1 is 1.33 bits per heavy atom. The second-order valence-electron chi connectivity index (χ2n) is 4.45. The first-order chi connectivity index (χ1) is 9.95. The standard InChI is InChI=1S/C14H16BrNO3S2/c1-16(8-7-11-4-3-9-20-11)21(17,18)12-5-6-14(19-2)13(15)10-12/h3-6,9-10H,7-8H2,1-2H3. The van der Waals surface area contributed by atoms with E-state index < -0.39 is 10.0 Å². The van der Waals surface area contributed by atoms with E-state index in [1.807, 2.05) is 17.5 Å². The van der Waals surface area contributed by atoms with E-state index in [2.05, 4.69) is 15.9 Å². The maximum absolute atomic E-state index is 12.5. The number of ether oxygens (including phenoxy) is 1. The normalized spacial score (nSPS) is 11.8. The van der Waals surface area contributed by atoms with E-state index in [0.29, 0.717) is 23.2 Å². The molecule has 0 atom stereocenters. The molecular weight excluding hydrogens is 374 g/mol. The Kier molecular flexibility index (Phi) is 5.43. The number of thiophene rings is 1. The lowest BCUT2D eigenvalue weighted by Gasteiger charge is -2.17. The highest BCUT2D eigenvalue weighted by atomic mass is 79.9. The van der Waals surface area contributed by atoms with Gasteiger partial charge in [0, 0.05) is 18.5 Å². The third-order valence-electron chi connectivity index (χ3n) is 3.08. The number of hydrogen-bond acceptors (Lipinski definition) is 4. The van der Waals surface area contributed by atoms with Crippen molar-refractivity contribution in [2.75, 3.05) is 20.7 Å². The number of hydrogen-bond donors (Lipinski definition) is 0. The Balaban J connectivity index is 2.14. The Labute approximate surface area is 137 Å². The molecule has 21 heavy (non-hydrogen) atoms. The van der Waals surface area contributed by atoms with Crippen LogP contribution < -0.4 is 4.74 Å². The van der Waals surface area contributed by atoms with Gasteiger partial charge in [0.05, 0.1) is 16.5 Å². The van der Waals surface area contributed by atoms with Crippen LogP contribution in [0.4, 0.5) is 0 Å². The number of sulfonamides is 1. The van der Waals surface area contributed by atoms with E-state index >= 15 is 0 Å². The molecule has 0 bridgehead atoms. The minimum atomic E-state index is -3.49. The summed E-state index contributed by atoms with van der Waals surface area (Å²) < 4.78 is 32.1. The first-order valence-electron chi connectivity index (χ1n) is 6.27. The smallest absolute Gasteiger partial charge is 0.242 e. The Bertz CT molecular complexity index is 699. The van der Waals surface area contributed by atoms with Gasteiger partial charge < -0.3 is 4.74 Å². The average molecular weight is 390 g/mol. The molecule has 0 unspecified atom stereocenters. The summed E-state index contributed by atoms with van der Waals surface area (Å²) in [5, 5.41) is 1.99. The molecule has 1 aromatic carbocycles. The molecule has 1 aromatic heterocycles. The van der Waals surface area contributed by atoms with Crippen LogP contribution in [-0.4, -0.2) is 33.4 Å². The molecule has 0 aliphatic carbocycles. The van der Waals surface area contributed by atoms with Crippen LogP contribution in [-0.2, 0) is 16.4 Å². The first kappa shape index (κ1) is 16.5. The minimum absolute atomic E-state index is 0.254. The molecule has 2 rings (SSSR count). The number of methoxy groups -OCH3 is 1. The molecule has 2 aromatic rings. The minimum Gasteiger partial charge on any atom is -0.496 e. The quantitative estimate of drug-likeness (QED) is 0.760. The summed E-state index contributed by atoms with van der Waals surface area (Å²) in [6.07, 6.45) is 0.713. The zero-order chi connectivity index (χ0) is 15.5. The Morgan fingerprint density at radius 3 is 2.67 bits per heavy atom. The molecule has 114 valence electrons. The second kappa shape index (κ2) is 6.91. The van der Waals surface area contributed by atoms with Gasteiger partial charge in [0.2, 0.25) is 10.0 Å². The summed E-state index contributed by atoms with van der Waals surface area (Å²) in [7, 11) is -0.346. The van der Waals surface area contributed by atoms with Crippen LogP contribution in [0.1, 0.15) is 4.88 Å². The molecule has 0 spiro atoms.